The molecule has 0 saturated carbocycles. The molecule has 0 aliphatic heterocycles. The SMILES string of the molecule is COC(=O)c1ccc(NCC(=O)Nc2ccc(CC#N)cc2)cc1. The van der Waals surface area contributed by atoms with Crippen LogP contribution in [0.1, 0.15) is 15.9 Å². The second-order valence-electron chi connectivity index (χ2n) is 5.00. The molecule has 2 aromatic carbocycles. The molecule has 2 N–H and O–H groups in total. The molecule has 2 rings (SSSR count). The van der Waals surface area contributed by atoms with Crippen LogP contribution in [0, 0.1) is 11.3 Å². The van der Waals surface area contributed by atoms with Crippen molar-refractivity contribution in [3.63, 3.8) is 0 Å². The summed E-state index contributed by atoms with van der Waals surface area (Å²) in [6, 6.07) is 15.9. The van der Waals surface area contributed by atoms with Crippen LogP contribution in [-0.2, 0) is 16.0 Å². The zero-order chi connectivity index (χ0) is 17.4. The topological polar surface area (TPSA) is 91.2 Å². The van der Waals surface area contributed by atoms with Gasteiger partial charge in [-0.25, -0.2) is 4.79 Å². The van der Waals surface area contributed by atoms with E-state index in [9.17, 15) is 9.59 Å². The number of nitrogens with one attached hydrogen (secondary N) is 2. The summed E-state index contributed by atoms with van der Waals surface area (Å²) in [6.07, 6.45) is 0.345. The predicted octanol–water partition coefficient (Wildman–Crippen LogP) is 2.59. The van der Waals surface area contributed by atoms with Crippen LogP contribution in [-0.4, -0.2) is 25.5 Å². The minimum atomic E-state index is -0.404. The zero-order valence-corrected chi connectivity index (χ0v) is 13.2. The quantitative estimate of drug-likeness (QED) is 0.797. The van der Waals surface area contributed by atoms with Crippen LogP contribution in [0.2, 0.25) is 0 Å². The first-order valence-electron chi connectivity index (χ1n) is 7.30. The van der Waals surface area contributed by atoms with Crippen molar-refractivity contribution in [2.75, 3.05) is 24.3 Å². The molecule has 0 saturated heterocycles. The minimum absolute atomic E-state index is 0.0948. The van der Waals surface area contributed by atoms with Crippen molar-refractivity contribution in [2.24, 2.45) is 0 Å². The van der Waals surface area contributed by atoms with Gasteiger partial charge in [0.1, 0.15) is 0 Å². The summed E-state index contributed by atoms with van der Waals surface area (Å²) in [5.41, 5.74) is 2.75. The number of nitriles is 1. The Kier molecular flexibility index (Phi) is 5.92. The van der Waals surface area contributed by atoms with Gasteiger partial charge >= 0.3 is 5.97 Å². The molecule has 0 unspecified atom stereocenters. The number of hydrogen-bond acceptors (Lipinski definition) is 5. The number of benzene rings is 2. The Labute approximate surface area is 140 Å². The van der Waals surface area contributed by atoms with Gasteiger partial charge in [0.2, 0.25) is 5.91 Å². The lowest BCUT2D eigenvalue weighted by molar-refractivity contribution is -0.114. The molecule has 2 aromatic rings. The predicted molar refractivity (Wildman–Crippen MR) is 90.7 cm³/mol. The summed E-state index contributed by atoms with van der Waals surface area (Å²) in [4.78, 5) is 23.3. The number of hydrogen-bond donors (Lipinski definition) is 2. The number of rotatable bonds is 6. The molecule has 6 nitrogen and oxygen atoms in total. The van der Waals surface area contributed by atoms with Crippen LogP contribution in [0.15, 0.2) is 48.5 Å². The third-order valence-electron chi connectivity index (χ3n) is 3.28. The molecule has 24 heavy (non-hydrogen) atoms. The maximum Gasteiger partial charge on any atom is 0.337 e. The lowest BCUT2D eigenvalue weighted by atomic mass is 10.1. The minimum Gasteiger partial charge on any atom is -0.465 e. The summed E-state index contributed by atoms with van der Waals surface area (Å²) < 4.78 is 4.62. The number of anilines is 2. The van der Waals surface area contributed by atoms with Crippen molar-refractivity contribution in [3.8, 4) is 6.07 Å². The van der Waals surface area contributed by atoms with Gasteiger partial charge in [-0.05, 0) is 42.0 Å². The first kappa shape index (κ1) is 17.0. The number of esters is 1. The number of ether oxygens (including phenoxy) is 1. The van der Waals surface area contributed by atoms with E-state index in [4.69, 9.17) is 5.26 Å². The fourth-order valence-corrected chi connectivity index (χ4v) is 2.03. The van der Waals surface area contributed by atoms with Crippen molar-refractivity contribution in [3.05, 3.63) is 59.7 Å². The number of methoxy groups -OCH3 is 1. The normalized spacial score (nSPS) is 9.67. The standard InChI is InChI=1S/C18H17N3O3/c1-24-18(23)14-4-8-15(9-5-14)20-12-17(22)21-16-6-2-13(3-7-16)10-11-19/h2-9,20H,10,12H2,1H3,(H,21,22). The highest BCUT2D eigenvalue weighted by atomic mass is 16.5. The van der Waals surface area contributed by atoms with Crippen LogP contribution in [0.3, 0.4) is 0 Å². The zero-order valence-electron chi connectivity index (χ0n) is 13.2. The summed E-state index contributed by atoms with van der Waals surface area (Å²) in [5.74, 6) is -0.598. The lowest BCUT2D eigenvalue weighted by Crippen LogP contribution is -2.21. The van der Waals surface area contributed by atoms with Crippen LogP contribution in [0.4, 0.5) is 11.4 Å². The molecular formula is C18H17N3O3. The van der Waals surface area contributed by atoms with Gasteiger partial charge in [0.05, 0.1) is 31.7 Å². The molecule has 0 radical (unpaired) electrons. The molecule has 0 fully saturated rings. The van der Waals surface area contributed by atoms with E-state index in [0.717, 1.165) is 11.3 Å². The Bertz CT molecular complexity index is 747. The molecule has 6 heteroatoms. The summed E-state index contributed by atoms with van der Waals surface area (Å²) in [5, 5.41) is 14.4. The summed E-state index contributed by atoms with van der Waals surface area (Å²) in [7, 11) is 1.33. The fraction of sp³-hybridized carbons (Fsp3) is 0.167. The Morgan fingerprint density at radius 3 is 2.25 bits per heavy atom. The van der Waals surface area contributed by atoms with Gasteiger partial charge in [0, 0.05) is 11.4 Å². The fourth-order valence-electron chi connectivity index (χ4n) is 2.03. The molecule has 0 aromatic heterocycles. The third-order valence-corrected chi connectivity index (χ3v) is 3.28. The van der Waals surface area contributed by atoms with E-state index in [1.807, 2.05) is 0 Å². The Morgan fingerprint density at radius 1 is 1.04 bits per heavy atom. The monoisotopic (exact) mass is 323 g/mol. The van der Waals surface area contributed by atoms with Crippen LogP contribution < -0.4 is 10.6 Å². The van der Waals surface area contributed by atoms with E-state index in [1.54, 1.807) is 48.5 Å². The third kappa shape index (κ3) is 4.85. The molecule has 122 valence electrons. The van der Waals surface area contributed by atoms with Gasteiger partial charge in [-0.3, -0.25) is 4.79 Å². The Balaban J connectivity index is 1.84. The average Bonchev–Trinajstić information content (AvgIpc) is 2.61. The first-order valence-corrected chi connectivity index (χ1v) is 7.30. The Hall–Kier alpha value is -3.33. The van der Waals surface area contributed by atoms with Crippen LogP contribution >= 0.6 is 0 Å². The molecular weight excluding hydrogens is 306 g/mol. The number of carbonyl (C=O) groups excluding carboxylic acids is 2. The average molecular weight is 323 g/mol. The summed E-state index contributed by atoms with van der Waals surface area (Å²) in [6.45, 7) is 0.0948. The lowest BCUT2D eigenvalue weighted by Gasteiger charge is -2.08. The van der Waals surface area contributed by atoms with Crippen LogP contribution in [0.25, 0.3) is 0 Å². The van der Waals surface area contributed by atoms with Crippen molar-refractivity contribution < 1.29 is 14.3 Å². The van der Waals surface area contributed by atoms with Gasteiger partial charge in [0.15, 0.2) is 0 Å². The van der Waals surface area contributed by atoms with Crippen LogP contribution in [0.5, 0.6) is 0 Å². The van der Waals surface area contributed by atoms with Gasteiger partial charge in [-0.15, -0.1) is 0 Å². The number of nitrogens with zero attached hydrogens (tertiary/aromatic N) is 1. The van der Waals surface area contributed by atoms with Gasteiger partial charge in [-0.1, -0.05) is 12.1 Å². The van der Waals surface area contributed by atoms with E-state index < -0.39 is 5.97 Å². The second-order valence-corrected chi connectivity index (χ2v) is 5.00. The molecule has 0 aliphatic rings. The molecule has 0 atom stereocenters. The maximum atomic E-state index is 11.9. The highest BCUT2D eigenvalue weighted by Crippen LogP contribution is 2.12. The molecule has 0 spiro atoms. The highest BCUT2D eigenvalue weighted by molar-refractivity contribution is 5.94. The summed E-state index contributed by atoms with van der Waals surface area (Å²) >= 11 is 0. The largest absolute Gasteiger partial charge is 0.465 e. The Morgan fingerprint density at radius 2 is 1.67 bits per heavy atom. The van der Waals surface area contributed by atoms with E-state index in [1.165, 1.54) is 7.11 Å². The second kappa shape index (κ2) is 8.34. The van der Waals surface area contributed by atoms with E-state index in [2.05, 4.69) is 21.4 Å². The molecule has 1 amide bonds. The first-order chi connectivity index (χ1) is 11.6. The molecule has 0 aliphatic carbocycles. The maximum absolute atomic E-state index is 11.9. The van der Waals surface area contributed by atoms with Gasteiger partial charge < -0.3 is 15.4 Å². The molecule has 0 heterocycles. The van der Waals surface area contributed by atoms with Gasteiger partial charge in [-0.2, -0.15) is 5.26 Å². The van der Waals surface area contributed by atoms with Gasteiger partial charge in [0.25, 0.3) is 0 Å². The van der Waals surface area contributed by atoms with E-state index in [0.29, 0.717) is 17.7 Å². The van der Waals surface area contributed by atoms with Crippen molar-refractivity contribution in [1.29, 1.82) is 5.26 Å². The van der Waals surface area contributed by atoms with Crippen molar-refractivity contribution in [2.45, 2.75) is 6.42 Å². The van der Waals surface area contributed by atoms with Crippen molar-refractivity contribution >= 4 is 23.3 Å². The smallest absolute Gasteiger partial charge is 0.337 e. The number of carbonyl (C=O) groups is 2. The van der Waals surface area contributed by atoms with Crippen molar-refractivity contribution in [1.82, 2.24) is 0 Å². The van der Waals surface area contributed by atoms with E-state index >= 15 is 0 Å². The highest BCUT2D eigenvalue weighted by Gasteiger charge is 2.06. The number of amides is 1. The molecule has 0 bridgehead atoms. The van der Waals surface area contributed by atoms with E-state index in [-0.39, 0.29) is 12.5 Å².